The molecule has 0 spiro atoms. The van der Waals surface area contributed by atoms with E-state index in [0.29, 0.717) is 79.7 Å². The van der Waals surface area contributed by atoms with E-state index in [9.17, 15) is 0 Å². The maximum Gasteiger partial charge on any atom is 0.276 e. The zero-order valence-electron chi connectivity index (χ0n) is 49.9. The fraction of sp³-hybridized carbons (Fsp3) is 0.742. The molecule has 2 aliphatic heterocycles. The largest absolute Gasteiger partial charge is 0.330 e. The molecule has 0 aromatic carbocycles. The van der Waals surface area contributed by atoms with Crippen molar-refractivity contribution >= 4 is 32.3 Å². The van der Waals surface area contributed by atoms with Gasteiger partial charge >= 0.3 is 0 Å². The van der Waals surface area contributed by atoms with Gasteiger partial charge in [-0.15, -0.1) is 22.2 Å². The van der Waals surface area contributed by atoms with Crippen molar-refractivity contribution in [3.63, 3.8) is 0 Å². The van der Waals surface area contributed by atoms with E-state index in [0.717, 1.165) is 0 Å². The molecule has 2 fully saturated rings. The van der Waals surface area contributed by atoms with Crippen molar-refractivity contribution in [2.75, 3.05) is 13.2 Å². The maximum atomic E-state index is 6.99. The van der Waals surface area contributed by atoms with Gasteiger partial charge in [-0.05, 0) is 128 Å². The molecule has 0 N–H and O–H groups in total. The third-order valence-corrected chi connectivity index (χ3v) is 42.2. The Bertz CT molecular complexity index is 2000. The molecule has 2 unspecified atom stereocenters. The molecule has 6 atom stereocenters. The van der Waals surface area contributed by atoms with Gasteiger partial charge in [-0.1, -0.05) is 190 Å². The minimum Gasteiger partial charge on any atom is -0.330 e. The van der Waals surface area contributed by atoms with Gasteiger partial charge in [-0.25, -0.2) is 0 Å². The van der Waals surface area contributed by atoms with E-state index in [1.807, 2.05) is 13.8 Å². The first-order chi connectivity index (χ1) is 33.3. The summed E-state index contributed by atoms with van der Waals surface area (Å²) in [5.41, 5.74) is 12.7. The molecule has 0 aromatic rings. The Hall–Kier alpha value is -2.89. The van der Waals surface area contributed by atoms with Gasteiger partial charge in [0.15, 0.2) is 0 Å². The van der Waals surface area contributed by atoms with Crippen molar-refractivity contribution in [2.24, 2.45) is 0 Å². The van der Waals surface area contributed by atoms with E-state index in [2.05, 4.69) is 259 Å². The first kappa shape index (κ1) is 63.4. The Morgan fingerprint density at radius 1 is 0.319 bits per heavy atom. The summed E-state index contributed by atoms with van der Waals surface area (Å²) in [5, 5.41) is 0. The number of hydrogen-bond donors (Lipinski definition) is 0. The lowest BCUT2D eigenvalue weighted by Gasteiger charge is -2.39. The summed E-state index contributed by atoms with van der Waals surface area (Å²) < 4.78 is 40.4. The molecular formula is C62H96O6Si4. The maximum absolute atomic E-state index is 6.99. The lowest BCUT2D eigenvalue weighted by molar-refractivity contribution is -0.243. The van der Waals surface area contributed by atoms with Gasteiger partial charge in [0.1, 0.15) is 32.3 Å². The fourth-order valence-electron chi connectivity index (χ4n) is 13.4. The third-order valence-electron chi connectivity index (χ3n) is 17.1. The summed E-state index contributed by atoms with van der Waals surface area (Å²) in [6.07, 6.45) is 0. The first-order valence-corrected chi connectivity index (χ1v) is 36.5. The average molecular weight is 1050 g/mol. The molecule has 10 heteroatoms. The van der Waals surface area contributed by atoms with Gasteiger partial charge in [0.2, 0.25) is 22.4 Å². The Labute approximate surface area is 446 Å². The number of ether oxygens (including phenoxy) is 6. The molecule has 0 saturated carbocycles. The second kappa shape index (κ2) is 24.8. The lowest BCUT2D eigenvalue weighted by Crippen LogP contribution is -2.51. The highest BCUT2D eigenvalue weighted by atomic mass is 28.3. The zero-order valence-corrected chi connectivity index (χ0v) is 53.9. The highest BCUT2D eigenvalue weighted by Crippen LogP contribution is 2.48. The van der Waals surface area contributed by atoms with Crippen LogP contribution in [0.3, 0.4) is 0 Å². The average Bonchev–Trinajstić information content (AvgIpc) is 3.71. The molecule has 72 heavy (non-hydrogen) atoms. The summed E-state index contributed by atoms with van der Waals surface area (Å²) in [5.74, 6) is 42.0. The van der Waals surface area contributed by atoms with Gasteiger partial charge in [-0.3, -0.25) is 18.9 Å². The van der Waals surface area contributed by atoms with Crippen molar-refractivity contribution in [3.8, 4) is 93.2 Å². The predicted octanol–water partition coefficient (Wildman–Crippen LogP) is 14.6. The van der Waals surface area contributed by atoms with E-state index in [4.69, 9.17) is 28.4 Å². The van der Waals surface area contributed by atoms with Crippen LogP contribution in [0.15, 0.2) is 0 Å². The van der Waals surface area contributed by atoms with E-state index < -0.39 is 67.7 Å². The van der Waals surface area contributed by atoms with E-state index in [1.54, 1.807) is 0 Å². The highest BCUT2D eigenvalue weighted by molar-refractivity contribution is 6.92. The summed E-state index contributed by atoms with van der Waals surface area (Å²) in [4.78, 5) is 0. The molecule has 3 aliphatic rings. The van der Waals surface area contributed by atoms with Gasteiger partial charge < -0.3 is 9.47 Å². The van der Waals surface area contributed by atoms with Crippen LogP contribution >= 0.6 is 0 Å². The zero-order chi connectivity index (χ0) is 55.1. The van der Waals surface area contributed by atoms with Crippen LogP contribution in [0.4, 0.5) is 0 Å². The van der Waals surface area contributed by atoms with Crippen LogP contribution in [-0.4, -0.2) is 80.9 Å². The van der Waals surface area contributed by atoms with Crippen LogP contribution in [0.1, 0.15) is 180 Å². The molecule has 396 valence electrons. The van der Waals surface area contributed by atoms with Gasteiger partial charge in [0.25, 0.3) is 13.0 Å². The SMILES string of the molecule is CCOC1O[C@@]2(C#C[Si](C(C)C)(C(C)C)C(C)C)C#CC#C[C@]3(C#C[Si](C(C)C)(C(C)C)C(C)C)OC(OCC)O[C@]3(C#C[Si](C(C)C)(C(C)C)C(C)C)C#CC#C[C@@]2(C#C[Si](C(C)C)(C(C)C)C(C)C)O1. The molecule has 2 heterocycles. The number of hydrogen-bond acceptors (Lipinski definition) is 6. The van der Waals surface area contributed by atoms with Gasteiger partial charge in [0, 0.05) is 13.2 Å². The van der Waals surface area contributed by atoms with E-state index in [1.165, 1.54) is 0 Å². The smallest absolute Gasteiger partial charge is 0.276 e. The summed E-state index contributed by atoms with van der Waals surface area (Å²) in [6.45, 7) is 57.1. The van der Waals surface area contributed by atoms with Crippen LogP contribution in [0.25, 0.3) is 0 Å². The van der Waals surface area contributed by atoms with Crippen molar-refractivity contribution < 1.29 is 28.4 Å². The molecule has 0 aromatic heterocycles. The lowest BCUT2D eigenvalue weighted by atomic mass is 9.83. The number of fused-ring (bicyclic) bond motifs is 2. The van der Waals surface area contributed by atoms with Gasteiger partial charge in [0.05, 0.1) is 0 Å². The highest BCUT2D eigenvalue weighted by Gasteiger charge is 2.63. The molecule has 2 saturated heterocycles. The Kier molecular flexibility index (Phi) is 21.9. The molecule has 0 amide bonds. The normalized spacial score (nSPS) is 25.2. The number of rotatable bonds is 16. The second-order valence-electron chi connectivity index (χ2n) is 24.3. The molecule has 3 rings (SSSR count). The fourth-order valence-corrected chi connectivity index (χ4v) is 34.5. The minimum absolute atomic E-state index is 0.309. The van der Waals surface area contributed by atoms with Crippen LogP contribution in [0.2, 0.25) is 66.5 Å². The minimum atomic E-state index is -2.43. The molecular weight excluding hydrogens is 953 g/mol. The van der Waals surface area contributed by atoms with Crippen LogP contribution < -0.4 is 0 Å². The summed E-state index contributed by atoms with van der Waals surface area (Å²) >= 11 is 0. The molecule has 0 radical (unpaired) electrons. The summed E-state index contributed by atoms with van der Waals surface area (Å²) in [7, 11) is -9.71. The first-order valence-electron chi connectivity index (χ1n) is 27.5. The van der Waals surface area contributed by atoms with Gasteiger partial charge in [-0.2, -0.15) is 0 Å². The molecule has 1 aliphatic carbocycles. The van der Waals surface area contributed by atoms with Crippen molar-refractivity contribution in [1.29, 1.82) is 0 Å². The topological polar surface area (TPSA) is 55.4 Å². The quantitative estimate of drug-likeness (QED) is 0.113. The predicted molar refractivity (Wildman–Crippen MR) is 312 cm³/mol. The Morgan fingerprint density at radius 3 is 0.597 bits per heavy atom. The second-order valence-corrected chi connectivity index (χ2v) is 46.6. The Balaban J connectivity index is 2.93. The molecule has 6 nitrogen and oxygen atoms in total. The summed E-state index contributed by atoms with van der Waals surface area (Å²) in [6, 6.07) is 0. The van der Waals surface area contributed by atoms with Crippen LogP contribution in [-0.2, 0) is 28.4 Å². The van der Waals surface area contributed by atoms with E-state index in [-0.39, 0.29) is 0 Å². The van der Waals surface area contributed by atoms with Crippen LogP contribution in [0, 0.1) is 93.2 Å². The standard InChI is InChI=1S/C62H96O6Si4/c1-27-63-57-65-59(37-41-69(45(3)4,46(5)6)47(7)8)33-29-31-35-61(39-43-71(51(15)16,52(17)18)53(19)20)62(68-58(67-61)64-28-2,40-44-72(54(21)22,55(23)24)56(25)26)36-32-30-34-60(59,66-57)38-42-70(48(9)10,49(11)12)50(13)14/h45-58H,27-28H2,1-26H3/t57?,58?,59-,60+,61-,62+. The Morgan fingerprint density at radius 2 is 0.472 bits per heavy atom. The monoisotopic (exact) mass is 1050 g/mol. The van der Waals surface area contributed by atoms with Crippen LogP contribution in [0.5, 0.6) is 0 Å². The van der Waals surface area contributed by atoms with Crippen molar-refractivity contribution in [2.45, 2.75) is 282 Å². The van der Waals surface area contributed by atoms with Crippen molar-refractivity contribution in [1.82, 2.24) is 0 Å². The molecule has 0 bridgehead atoms. The third kappa shape index (κ3) is 11.6. The van der Waals surface area contributed by atoms with E-state index >= 15 is 0 Å². The van der Waals surface area contributed by atoms with Crippen molar-refractivity contribution in [3.05, 3.63) is 0 Å².